The van der Waals surface area contributed by atoms with Crippen LogP contribution in [-0.2, 0) is 4.79 Å². The minimum absolute atomic E-state index is 0.0939. The van der Waals surface area contributed by atoms with Crippen molar-refractivity contribution in [1.29, 1.82) is 0 Å². The van der Waals surface area contributed by atoms with Crippen LogP contribution >= 0.6 is 0 Å². The highest BCUT2D eigenvalue weighted by atomic mass is 16.4. The van der Waals surface area contributed by atoms with Gasteiger partial charge >= 0.3 is 12.0 Å². The van der Waals surface area contributed by atoms with Crippen LogP contribution in [-0.4, -0.2) is 28.7 Å². The zero-order valence-corrected chi connectivity index (χ0v) is 9.62. The normalized spacial score (nSPS) is 16.1. The van der Waals surface area contributed by atoms with Gasteiger partial charge in [0.1, 0.15) is 0 Å². The number of carboxylic acids is 1. The summed E-state index contributed by atoms with van der Waals surface area (Å²) in [7, 11) is 0. The fourth-order valence-electron chi connectivity index (χ4n) is 1.69. The van der Waals surface area contributed by atoms with Crippen LogP contribution in [0.5, 0.6) is 0 Å². The Bertz CT molecular complexity index is 302. The van der Waals surface area contributed by atoms with E-state index in [0.29, 0.717) is 0 Å². The molecule has 3 N–H and O–H groups in total. The average molecular weight is 226 g/mol. The molecule has 0 bridgehead atoms. The molecule has 1 aliphatic carbocycles. The Morgan fingerprint density at radius 2 is 1.94 bits per heavy atom. The predicted octanol–water partition coefficient (Wildman–Crippen LogP) is 1.26. The van der Waals surface area contributed by atoms with Crippen LogP contribution < -0.4 is 10.6 Å². The van der Waals surface area contributed by atoms with Crippen molar-refractivity contribution in [3.05, 3.63) is 12.2 Å². The molecule has 0 aromatic rings. The SMILES string of the molecule is CC(C)(CC(=O)O)NC(=O)NC1CC=CC1. The maximum Gasteiger partial charge on any atom is 0.315 e. The van der Waals surface area contributed by atoms with E-state index in [0.717, 1.165) is 12.8 Å². The smallest absolute Gasteiger partial charge is 0.315 e. The molecule has 1 rings (SSSR count). The van der Waals surface area contributed by atoms with Gasteiger partial charge in [0.25, 0.3) is 0 Å². The van der Waals surface area contributed by atoms with Crippen LogP contribution in [0.15, 0.2) is 12.2 Å². The molecule has 90 valence electrons. The number of hydrogen-bond donors (Lipinski definition) is 3. The van der Waals surface area contributed by atoms with Gasteiger partial charge in [0.2, 0.25) is 0 Å². The summed E-state index contributed by atoms with van der Waals surface area (Å²) in [6, 6.07) is -0.166. The number of rotatable bonds is 4. The van der Waals surface area contributed by atoms with Gasteiger partial charge in [-0.05, 0) is 26.7 Å². The van der Waals surface area contributed by atoms with Gasteiger partial charge in [-0.15, -0.1) is 0 Å². The van der Waals surface area contributed by atoms with Crippen LogP contribution in [0.25, 0.3) is 0 Å². The lowest BCUT2D eigenvalue weighted by Gasteiger charge is -2.25. The second kappa shape index (κ2) is 5.01. The number of carboxylic acid groups (broad SMARTS) is 1. The molecule has 0 radical (unpaired) electrons. The molecule has 0 aliphatic heterocycles. The Hall–Kier alpha value is -1.52. The van der Waals surface area contributed by atoms with Gasteiger partial charge < -0.3 is 15.7 Å². The molecule has 16 heavy (non-hydrogen) atoms. The first-order valence-electron chi connectivity index (χ1n) is 5.34. The van der Waals surface area contributed by atoms with Crippen LogP contribution in [0.4, 0.5) is 4.79 Å². The number of carbonyl (C=O) groups excluding carboxylic acids is 1. The van der Waals surface area contributed by atoms with E-state index < -0.39 is 11.5 Å². The lowest BCUT2D eigenvalue weighted by Crippen LogP contribution is -2.51. The van der Waals surface area contributed by atoms with Gasteiger partial charge in [-0.2, -0.15) is 0 Å². The van der Waals surface area contributed by atoms with E-state index in [1.54, 1.807) is 13.8 Å². The lowest BCUT2D eigenvalue weighted by molar-refractivity contribution is -0.138. The molecule has 0 unspecified atom stereocenters. The van der Waals surface area contributed by atoms with Crippen molar-refractivity contribution in [2.75, 3.05) is 0 Å². The third-order valence-electron chi connectivity index (χ3n) is 2.39. The van der Waals surface area contributed by atoms with E-state index in [4.69, 9.17) is 5.11 Å². The number of nitrogens with one attached hydrogen (secondary N) is 2. The van der Waals surface area contributed by atoms with E-state index in [-0.39, 0.29) is 18.5 Å². The number of carbonyl (C=O) groups is 2. The fraction of sp³-hybridized carbons (Fsp3) is 0.636. The van der Waals surface area contributed by atoms with Gasteiger partial charge in [-0.3, -0.25) is 4.79 Å². The molecule has 2 amide bonds. The molecular formula is C11H18N2O3. The van der Waals surface area contributed by atoms with Crippen LogP contribution in [0.1, 0.15) is 33.1 Å². The van der Waals surface area contributed by atoms with Crippen molar-refractivity contribution in [3.63, 3.8) is 0 Å². The average Bonchev–Trinajstić information content (AvgIpc) is 2.51. The predicted molar refractivity (Wildman–Crippen MR) is 60.2 cm³/mol. The molecular weight excluding hydrogens is 208 g/mol. The third kappa shape index (κ3) is 4.33. The summed E-state index contributed by atoms with van der Waals surface area (Å²) in [6.07, 6.45) is 5.63. The highest BCUT2D eigenvalue weighted by molar-refractivity contribution is 5.76. The van der Waals surface area contributed by atoms with Crippen molar-refractivity contribution in [2.45, 2.75) is 44.7 Å². The second-order valence-electron chi connectivity index (χ2n) is 4.69. The first-order valence-corrected chi connectivity index (χ1v) is 5.34. The molecule has 5 nitrogen and oxygen atoms in total. The van der Waals surface area contributed by atoms with Gasteiger partial charge in [-0.25, -0.2) is 4.79 Å². The van der Waals surface area contributed by atoms with Gasteiger partial charge in [-0.1, -0.05) is 12.2 Å². The van der Waals surface area contributed by atoms with Gasteiger partial charge in [0, 0.05) is 11.6 Å². The van der Waals surface area contributed by atoms with E-state index >= 15 is 0 Å². The van der Waals surface area contributed by atoms with E-state index in [1.807, 2.05) is 12.2 Å². The van der Waals surface area contributed by atoms with Crippen LogP contribution in [0.2, 0.25) is 0 Å². The summed E-state index contributed by atoms with van der Waals surface area (Å²) in [5.41, 5.74) is -0.734. The molecule has 0 heterocycles. The topological polar surface area (TPSA) is 78.4 Å². The Kier molecular flexibility index (Phi) is 3.93. The lowest BCUT2D eigenvalue weighted by atomic mass is 10.0. The summed E-state index contributed by atoms with van der Waals surface area (Å²) in [4.78, 5) is 22.1. The summed E-state index contributed by atoms with van der Waals surface area (Å²) >= 11 is 0. The highest BCUT2D eigenvalue weighted by Crippen LogP contribution is 2.10. The molecule has 0 aromatic carbocycles. The summed E-state index contributed by atoms with van der Waals surface area (Å²) in [6.45, 7) is 3.38. The van der Waals surface area contributed by atoms with Crippen molar-refractivity contribution in [2.24, 2.45) is 0 Å². The zero-order chi connectivity index (χ0) is 12.2. The Balaban J connectivity index is 2.34. The molecule has 5 heteroatoms. The Morgan fingerprint density at radius 3 is 2.44 bits per heavy atom. The molecule has 0 atom stereocenters. The number of hydrogen-bond acceptors (Lipinski definition) is 2. The van der Waals surface area contributed by atoms with Crippen molar-refractivity contribution >= 4 is 12.0 Å². The molecule has 1 aliphatic rings. The van der Waals surface area contributed by atoms with E-state index in [2.05, 4.69) is 10.6 Å². The number of amides is 2. The van der Waals surface area contributed by atoms with Crippen molar-refractivity contribution in [3.8, 4) is 0 Å². The summed E-state index contributed by atoms with van der Waals surface area (Å²) in [5, 5.41) is 14.1. The molecule has 0 aromatic heterocycles. The Labute approximate surface area is 94.9 Å². The largest absolute Gasteiger partial charge is 0.481 e. The fourth-order valence-corrected chi connectivity index (χ4v) is 1.69. The standard InChI is InChI=1S/C11H18N2O3/c1-11(2,7-9(14)15)13-10(16)12-8-5-3-4-6-8/h3-4,8H,5-7H2,1-2H3,(H,14,15)(H2,12,13,16). The molecule has 0 spiro atoms. The number of urea groups is 1. The summed E-state index contributed by atoms with van der Waals surface area (Å²) in [5.74, 6) is -0.923. The van der Waals surface area contributed by atoms with Crippen LogP contribution in [0.3, 0.4) is 0 Å². The quantitative estimate of drug-likeness (QED) is 0.631. The maximum absolute atomic E-state index is 11.6. The first-order chi connectivity index (χ1) is 7.39. The number of aliphatic carboxylic acids is 1. The summed E-state index contributed by atoms with van der Waals surface area (Å²) < 4.78 is 0. The monoisotopic (exact) mass is 226 g/mol. The highest BCUT2D eigenvalue weighted by Gasteiger charge is 2.24. The maximum atomic E-state index is 11.6. The second-order valence-corrected chi connectivity index (χ2v) is 4.69. The minimum Gasteiger partial charge on any atom is -0.481 e. The van der Waals surface area contributed by atoms with Gasteiger partial charge in [0.15, 0.2) is 0 Å². The molecule has 0 saturated carbocycles. The molecule has 0 saturated heterocycles. The zero-order valence-electron chi connectivity index (χ0n) is 9.62. The van der Waals surface area contributed by atoms with Crippen LogP contribution in [0, 0.1) is 0 Å². The first kappa shape index (κ1) is 12.5. The van der Waals surface area contributed by atoms with E-state index in [1.165, 1.54) is 0 Å². The minimum atomic E-state index is -0.923. The van der Waals surface area contributed by atoms with Gasteiger partial charge in [0.05, 0.1) is 6.42 Å². The molecule has 0 fully saturated rings. The van der Waals surface area contributed by atoms with Crippen molar-refractivity contribution in [1.82, 2.24) is 10.6 Å². The third-order valence-corrected chi connectivity index (χ3v) is 2.39. The Morgan fingerprint density at radius 1 is 1.38 bits per heavy atom. The van der Waals surface area contributed by atoms with Crippen molar-refractivity contribution < 1.29 is 14.7 Å². The van der Waals surface area contributed by atoms with E-state index in [9.17, 15) is 9.59 Å².